The summed E-state index contributed by atoms with van der Waals surface area (Å²) in [6, 6.07) is 14.4. The van der Waals surface area contributed by atoms with Crippen molar-refractivity contribution in [2.75, 3.05) is 20.1 Å². The fraction of sp³-hybridized carbons (Fsp3) is 0.500. The highest BCUT2D eigenvalue weighted by Crippen LogP contribution is 2.49. The van der Waals surface area contributed by atoms with Crippen LogP contribution in [0.1, 0.15) is 49.3 Å². The Morgan fingerprint density at radius 1 is 1.16 bits per heavy atom. The zero-order valence-electron chi connectivity index (χ0n) is 25.3. The van der Waals surface area contributed by atoms with E-state index in [1.54, 1.807) is 4.90 Å². The number of amides is 3. The van der Waals surface area contributed by atoms with Gasteiger partial charge in [-0.15, -0.1) is 0 Å². The maximum Gasteiger partial charge on any atom is 0.280 e. The van der Waals surface area contributed by atoms with Crippen LogP contribution < -0.4 is 5.32 Å². The second kappa shape index (κ2) is 9.63. The lowest BCUT2D eigenvalue weighted by atomic mass is 9.66. The molecule has 10 nitrogen and oxygen atoms in total. The predicted molar refractivity (Wildman–Crippen MR) is 162 cm³/mol. The number of likely N-dealkylation sites (N-methyl/N-ethyl adjacent to an activating group) is 1. The van der Waals surface area contributed by atoms with Gasteiger partial charge in [0.1, 0.15) is 12.1 Å². The van der Waals surface area contributed by atoms with E-state index < -0.39 is 35.5 Å². The van der Waals surface area contributed by atoms with E-state index in [0.29, 0.717) is 25.9 Å². The maximum atomic E-state index is 14.3. The molecule has 8 rings (SSSR count). The standard InChI is InChI=1S/C34H39N5O5/c1-19-23(18-37(3)25-16-21-17-35-24-12-7-11-22(28(19)25)29(21)24)30(40)36-33(2)32(42)39-26(15-20-9-5-4-6-10-20)31(41)38-14-8-13-27(38)34(39,43)44-33/h4-7,9-12,17,19,23,25-28,35,43H,8,13-16,18H2,1-3H3,(H,36,40)/t19?,23-,25+,26-,27-,28?,33+,34-/m0/s1. The van der Waals surface area contributed by atoms with Crippen LogP contribution in [-0.4, -0.2) is 92.4 Å². The van der Waals surface area contributed by atoms with Gasteiger partial charge in [0, 0.05) is 48.6 Å². The third kappa shape index (κ3) is 3.80. The summed E-state index contributed by atoms with van der Waals surface area (Å²) in [7, 11) is 2.07. The van der Waals surface area contributed by atoms with Gasteiger partial charge in [0.25, 0.3) is 11.8 Å². The zero-order chi connectivity index (χ0) is 30.5. The van der Waals surface area contributed by atoms with Crippen LogP contribution in [0.5, 0.6) is 0 Å². The number of aliphatic hydroxyl groups is 1. The molecule has 0 saturated carbocycles. The van der Waals surface area contributed by atoms with Gasteiger partial charge in [-0.1, -0.05) is 49.4 Å². The van der Waals surface area contributed by atoms with Crippen LogP contribution in [0.25, 0.3) is 10.9 Å². The number of benzene rings is 2. The number of ether oxygens (including phenoxy) is 1. The van der Waals surface area contributed by atoms with Gasteiger partial charge in [-0.2, -0.15) is 0 Å². The lowest BCUT2D eigenvalue weighted by molar-refractivity contribution is -0.315. The lowest BCUT2D eigenvalue weighted by Gasteiger charge is -2.49. The van der Waals surface area contributed by atoms with Crippen LogP contribution in [-0.2, 0) is 32.0 Å². The number of likely N-dealkylation sites (tertiary alicyclic amines) is 1. The molecule has 4 fully saturated rings. The predicted octanol–water partition coefficient (Wildman–Crippen LogP) is 2.33. The van der Waals surface area contributed by atoms with E-state index in [1.807, 2.05) is 30.3 Å². The van der Waals surface area contributed by atoms with Gasteiger partial charge in [0.2, 0.25) is 17.5 Å². The summed E-state index contributed by atoms with van der Waals surface area (Å²) in [5.74, 6) is -3.40. The van der Waals surface area contributed by atoms with Crippen LogP contribution in [0.4, 0.5) is 0 Å². The highest BCUT2D eigenvalue weighted by molar-refractivity contribution is 5.97. The minimum atomic E-state index is -2.03. The molecule has 3 N–H and O–H groups in total. The Morgan fingerprint density at radius 2 is 1.95 bits per heavy atom. The molecule has 5 aliphatic rings. The van der Waals surface area contributed by atoms with Crippen molar-refractivity contribution >= 4 is 28.6 Å². The molecule has 3 aromatic rings. The van der Waals surface area contributed by atoms with Crippen molar-refractivity contribution in [3.8, 4) is 0 Å². The molecular formula is C34H39N5O5. The average molecular weight is 598 g/mol. The normalized spacial score (nSPS) is 36.4. The van der Waals surface area contributed by atoms with E-state index in [9.17, 15) is 19.5 Å². The molecule has 1 aromatic heterocycles. The first-order valence-corrected chi connectivity index (χ1v) is 15.8. The summed E-state index contributed by atoms with van der Waals surface area (Å²) in [4.78, 5) is 50.8. The number of piperidine rings is 1. The monoisotopic (exact) mass is 597 g/mol. The first-order chi connectivity index (χ1) is 21.1. The first kappa shape index (κ1) is 27.8. The third-order valence-electron chi connectivity index (χ3n) is 11.1. The second-order valence-corrected chi connectivity index (χ2v) is 13.6. The lowest BCUT2D eigenvalue weighted by Crippen LogP contribution is -2.71. The van der Waals surface area contributed by atoms with Crippen LogP contribution in [0.3, 0.4) is 0 Å². The number of carbonyl (C=O) groups is 3. The Bertz CT molecular complexity index is 1670. The summed E-state index contributed by atoms with van der Waals surface area (Å²) in [6.45, 7) is 4.68. The molecule has 0 bridgehead atoms. The summed E-state index contributed by atoms with van der Waals surface area (Å²) in [5.41, 5.74) is 2.72. The van der Waals surface area contributed by atoms with E-state index in [1.165, 1.54) is 28.3 Å². The second-order valence-electron chi connectivity index (χ2n) is 13.6. The van der Waals surface area contributed by atoms with Crippen LogP contribution in [0.2, 0.25) is 0 Å². The molecule has 10 heteroatoms. The molecule has 3 amide bonds. The molecule has 1 aliphatic carbocycles. The largest absolute Gasteiger partial charge is 0.361 e. The van der Waals surface area contributed by atoms with Gasteiger partial charge in [-0.25, -0.2) is 0 Å². The first-order valence-electron chi connectivity index (χ1n) is 15.8. The number of nitrogens with one attached hydrogen (secondary N) is 2. The highest BCUT2D eigenvalue weighted by atomic mass is 16.7. The molecule has 4 saturated heterocycles. The van der Waals surface area contributed by atoms with Gasteiger partial charge in [-0.05, 0) is 61.9 Å². The van der Waals surface area contributed by atoms with E-state index in [4.69, 9.17) is 4.74 Å². The number of hydrogen-bond acceptors (Lipinski definition) is 6. The van der Waals surface area contributed by atoms with Crippen LogP contribution in [0, 0.1) is 11.8 Å². The average Bonchev–Trinajstić information content (AvgIpc) is 3.71. The number of rotatable bonds is 4. The topological polar surface area (TPSA) is 118 Å². The van der Waals surface area contributed by atoms with Gasteiger partial charge in [0.05, 0.1) is 5.92 Å². The van der Waals surface area contributed by atoms with Crippen LogP contribution in [0.15, 0.2) is 54.7 Å². The number of carbonyl (C=O) groups excluding carboxylic acids is 3. The number of fused-ring (bicyclic) bond motifs is 5. The van der Waals surface area contributed by atoms with Crippen molar-refractivity contribution in [2.45, 2.75) is 75.2 Å². The maximum absolute atomic E-state index is 14.3. The number of H-pyrrole nitrogens is 1. The van der Waals surface area contributed by atoms with Crippen molar-refractivity contribution in [1.29, 1.82) is 0 Å². The van der Waals surface area contributed by atoms with E-state index in [2.05, 4.69) is 53.6 Å². The van der Waals surface area contributed by atoms with Crippen molar-refractivity contribution in [2.24, 2.45) is 11.8 Å². The van der Waals surface area contributed by atoms with Crippen molar-refractivity contribution in [3.63, 3.8) is 0 Å². The Hall–Kier alpha value is -3.73. The molecule has 230 valence electrons. The molecule has 5 heterocycles. The molecular weight excluding hydrogens is 558 g/mol. The smallest absolute Gasteiger partial charge is 0.280 e. The molecule has 0 radical (unpaired) electrons. The molecule has 4 aliphatic heterocycles. The number of hydrogen-bond donors (Lipinski definition) is 3. The number of aromatic amines is 1. The summed E-state index contributed by atoms with van der Waals surface area (Å²) < 4.78 is 6.28. The van der Waals surface area contributed by atoms with Crippen molar-refractivity contribution in [1.82, 2.24) is 25.0 Å². The molecule has 44 heavy (non-hydrogen) atoms. The summed E-state index contributed by atoms with van der Waals surface area (Å²) in [5, 5.41) is 16.3. The van der Waals surface area contributed by atoms with E-state index in [-0.39, 0.29) is 36.1 Å². The summed E-state index contributed by atoms with van der Waals surface area (Å²) in [6.07, 6.45) is 4.47. The Labute approximate surface area is 256 Å². The quantitative estimate of drug-likeness (QED) is 0.425. The molecule has 2 unspecified atom stereocenters. The van der Waals surface area contributed by atoms with Crippen molar-refractivity contribution in [3.05, 3.63) is 71.4 Å². The fourth-order valence-corrected chi connectivity index (χ4v) is 9.04. The minimum absolute atomic E-state index is 0.00615. The van der Waals surface area contributed by atoms with Crippen molar-refractivity contribution < 1.29 is 24.2 Å². The number of piperazine rings is 1. The molecule has 2 aromatic carbocycles. The fourth-order valence-electron chi connectivity index (χ4n) is 9.04. The van der Waals surface area contributed by atoms with Crippen LogP contribution >= 0.6 is 0 Å². The van der Waals surface area contributed by atoms with Gasteiger partial charge in [-0.3, -0.25) is 24.0 Å². The van der Waals surface area contributed by atoms with E-state index in [0.717, 1.165) is 17.5 Å². The Balaban J connectivity index is 1.10. The number of aromatic nitrogens is 1. The number of nitrogens with zero attached hydrogens (tertiary/aromatic N) is 3. The summed E-state index contributed by atoms with van der Waals surface area (Å²) >= 11 is 0. The minimum Gasteiger partial charge on any atom is -0.361 e. The molecule has 0 spiro atoms. The zero-order valence-corrected chi connectivity index (χ0v) is 25.3. The Morgan fingerprint density at radius 3 is 2.75 bits per heavy atom. The third-order valence-corrected chi connectivity index (χ3v) is 11.1. The van der Waals surface area contributed by atoms with Gasteiger partial charge >= 0.3 is 0 Å². The highest BCUT2D eigenvalue weighted by Gasteiger charge is 2.70. The Kier molecular flexibility index (Phi) is 6.08. The van der Waals surface area contributed by atoms with E-state index >= 15 is 0 Å². The SMILES string of the molecule is CC1C2c3cccc4[nH]cc(c34)C[C@H]2N(C)C[C@@H]1C(=O)N[C@]1(C)O[C@@]2(O)[C@@H]3CCCN3C(=O)[C@H](Cc3ccccc3)N2C1=O. The van der Waals surface area contributed by atoms with Gasteiger partial charge < -0.3 is 25.2 Å². The molecule has 8 atom stereocenters. The van der Waals surface area contributed by atoms with Gasteiger partial charge in [0.15, 0.2) is 0 Å².